The van der Waals surface area contributed by atoms with E-state index >= 15 is 0 Å². The average molecular weight is 316 g/mol. The summed E-state index contributed by atoms with van der Waals surface area (Å²) in [6.45, 7) is 6.61. The largest absolute Gasteiger partial charge is 0.326 e. The molecule has 2 rings (SSSR count). The van der Waals surface area contributed by atoms with E-state index in [-0.39, 0.29) is 17.1 Å². The van der Waals surface area contributed by atoms with E-state index in [4.69, 9.17) is 0 Å². The zero-order valence-electron chi connectivity index (χ0n) is 14.3. The number of aromatic nitrogens is 2. The van der Waals surface area contributed by atoms with Gasteiger partial charge in [-0.05, 0) is 53.1 Å². The first-order valence-corrected chi connectivity index (χ1v) is 7.56. The predicted molar refractivity (Wildman–Crippen MR) is 93.9 cm³/mol. The standard InChI is InChI=1S/C17H24N4O2/c1-17(2,3)21-14-11-12(8-9-13(14)19-16(21)23)18-15(22)7-6-10-20(4)5/h6-9,11H,10H2,1-5H3,(H,18,22)(H,19,23)/b7-6+. The van der Waals surface area contributed by atoms with Gasteiger partial charge in [-0.3, -0.25) is 9.36 Å². The van der Waals surface area contributed by atoms with Crippen molar-refractivity contribution in [2.45, 2.75) is 26.3 Å². The minimum absolute atomic E-state index is 0.151. The summed E-state index contributed by atoms with van der Waals surface area (Å²) in [6, 6.07) is 5.40. The highest BCUT2D eigenvalue weighted by Crippen LogP contribution is 2.22. The molecule has 0 atom stereocenters. The number of likely N-dealkylation sites (N-methyl/N-ethyl adjacent to an activating group) is 1. The highest BCUT2D eigenvalue weighted by atomic mass is 16.2. The lowest BCUT2D eigenvalue weighted by molar-refractivity contribution is -0.111. The predicted octanol–water partition coefficient (Wildman–Crippen LogP) is 2.14. The summed E-state index contributed by atoms with van der Waals surface area (Å²) < 4.78 is 1.69. The Morgan fingerprint density at radius 1 is 1.35 bits per heavy atom. The molecule has 0 fully saturated rings. The van der Waals surface area contributed by atoms with Crippen LogP contribution in [-0.2, 0) is 10.3 Å². The molecule has 0 saturated carbocycles. The minimum Gasteiger partial charge on any atom is -0.322 e. The number of fused-ring (bicyclic) bond motifs is 1. The van der Waals surface area contributed by atoms with Crippen LogP contribution in [0.3, 0.4) is 0 Å². The van der Waals surface area contributed by atoms with Crippen molar-refractivity contribution in [3.63, 3.8) is 0 Å². The molecule has 6 heteroatoms. The smallest absolute Gasteiger partial charge is 0.322 e. The summed E-state index contributed by atoms with van der Waals surface area (Å²) in [5, 5.41) is 2.82. The molecular formula is C17H24N4O2. The van der Waals surface area contributed by atoms with Gasteiger partial charge in [0.15, 0.2) is 0 Å². The topological polar surface area (TPSA) is 70.1 Å². The highest BCUT2D eigenvalue weighted by molar-refractivity contribution is 6.00. The van der Waals surface area contributed by atoms with E-state index in [1.807, 2.05) is 45.8 Å². The van der Waals surface area contributed by atoms with Crippen molar-refractivity contribution in [1.82, 2.24) is 14.5 Å². The maximum Gasteiger partial charge on any atom is 0.326 e. The number of carbonyl (C=O) groups is 1. The number of nitrogens with one attached hydrogen (secondary N) is 2. The Labute approximate surface area is 135 Å². The molecule has 6 nitrogen and oxygen atoms in total. The van der Waals surface area contributed by atoms with E-state index in [9.17, 15) is 9.59 Å². The molecule has 0 spiro atoms. The molecule has 0 aliphatic heterocycles. The lowest BCUT2D eigenvalue weighted by Crippen LogP contribution is -2.31. The van der Waals surface area contributed by atoms with Crippen molar-refractivity contribution in [3.05, 3.63) is 40.8 Å². The molecule has 1 aromatic heterocycles. The number of carbonyl (C=O) groups excluding carboxylic acids is 1. The molecule has 23 heavy (non-hydrogen) atoms. The highest BCUT2D eigenvalue weighted by Gasteiger charge is 2.19. The van der Waals surface area contributed by atoms with Crippen LogP contribution in [0.5, 0.6) is 0 Å². The number of amides is 1. The third-order valence-corrected chi connectivity index (χ3v) is 3.36. The van der Waals surface area contributed by atoms with Gasteiger partial charge in [-0.15, -0.1) is 0 Å². The molecule has 2 aromatic rings. The second-order valence-electron chi connectivity index (χ2n) is 6.82. The number of nitrogens with zero attached hydrogens (tertiary/aromatic N) is 2. The van der Waals surface area contributed by atoms with Crippen LogP contribution in [0.25, 0.3) is 11.0 Å². The second-order valence-corrected chi connectivity index (χ2v) is 6.82. The van der Waals surface area contributed by atoms with Crippen molar-refractivity contribution < 1.29 is 4.79 Å². The number of imidazole rings is 1. The number of H-pyrrole nitrogens is 1. The lowest BCUT2D eigenvalue weighted by atomic mass is 10.1. The summed E-state index contributed by atoms with van der Waals surface area (Å²) in [5.74, 6) is -0.189. The zero-order chi connectivity index (χ0) is 17.2. The number of anilines is 1. The first-order valence-electron chi connectivity index (χ1n) is 7.56. The van der Waals surface area contributed by atoms with Crippen LogP contribution in [0.4, 0.5) is 5.69 Å². The summed E-state index contributed by atoms with van der Waals surface area (Å²) in [4.78, 5) is 28.9. The molecule has 0 aliphatic carbocycles. The van der Waals surface area contributed by atoms with Gasteiger partial charge in [0, 0.05) is 23.8 Å². The molecule has 0 bridgehead atoms. The minimum atomic E-state index is -0.344. The van der Waals surface area contributed by atoms with Crippen LogP contribution in [0.2, 0.25) is 0 Å². The van der Waals surface area contributed by atoms with Gasteiger partial charge in [-0.1, -0.05) is 6.08 Å². The summed E-state index contributed by atoms with van der Waals surface area (Å²) in [5.41, 5.74) is 1.70. The number of rotatable bonds is 4. The van der Waals surface area contributed by atoms with E-state index in [0.29, 0.717) is 12.2 Å². The van der Waals surface area contributed by atoms with Gasteiger partial charge in [-0.2, -0.15) is 0 Å². The zero-order valence-corrected chi connectivity index (χ0v) is 14.3. The van der Waals surface area contributed by atoms with E-state index in [2.05, 4.69) is 10.3 Å². The molecule has 2 N–H and O–H groups in total. The SMILES string of the molecule is CN(C)C/C=C/C(=O)Nc1ccc2[nH]c(=O)n(C(C)(C)C)c2c1. The van der Waals surface area contributed by atoms with Crippen LogP contribution < -0.4 is 11.0 Å². The van der Waals surface area contributed by atoms with Crippen LogP contribution in [0.15, 0.2) is 35.1 Å². The van der Waals surface area contributed by atoms with Gasteiger partial charge in [0.25, 0.3) is 0 Å². The van der Waals surface area contributed by atoms with Gasteiger partial charge < -0.3 is 15.2 Å². The molecule has 124 valence electrons. The average Bonchev–Trinajstić information content (AvgIpc) is 2.73. The third kappa shape index (κ3) is 4.10. The fraction of sp³-hybridized carbons (Fsp3) is 0.412. The maximum absolute atomic E-state index is 12.1. The third-order valence-electron chi connectivity index (χ3n) is 3.36. The van der Waals surface area contributed by atoms with Gasteiger partial charge in [0.05, 0.1) is 11.0 Å². The molecular weight excluding hydrogens is 292 g/mol. The van der Waals surface area contributed by atoms with Crippen molar-refractivity contribution in [1.29, 1.82) is 0 Å². The Balaban J connectivity index is 2.28. The van der Waals surface area contributed by atoms with Crippen LogP contribution in [0.1, 0.15) is 20.8 Å². The van der Waals surface area contributed by atoms with Crippen molar-refractivity contribution in [2.24, 2.45) is 0 Å². The molecule has 1 heterocycles. The summed E-state index contributed by atoms with van der Waals surface area (Å²) >= 11 is 0. The summed E-state index contributed by atoms with van der Waals surface area (Å²) in [6.07, 6.45) is 3.31. The molecule has 1 amide bonds. The second kappa shape index (κ2) is 6.42. The first-order chi connectivity index (χ1) is 10.7. The molecule has 0 aliphatic rings. The monoisotopic (exact) mass is 316 g/mol. The Hall–Kier alpha value is -2.34. The fourth-order valence-corrected chi connectivity index (χ4v) is 2.40. The first kappa shape index (κ1) is 17.0. The van der Waals surface area contributed by atoms with E-state index in [1.54, 1.807) is 22.8 Å². The molecule has 0 unspecified atom stereocenters. The fourth-order valence-electron chi connectivity index (χ4n) is 2.40. The Morgan fingerprint density at radius 2 is 2.04 bits per heavy atom. The van der Waals surface area contributed by atoms with Crippen LogP contribution in [0, 0.1) is 0 Å². The number of aromatic amines is 1. The summed E-state index contributed by atoms with van der Waals surface area (Å²) in [7, 11) is 3.88. The Morgan fingerprint density at radius 3 is 2.65 bits per heavy atom. The van der Waals surface area contributed by atoms with Gasteiger partial charge >= 0.3 is 5.69 Å². The normalized spacial score (nSPS) is 12.4. The maximum atomic E-state index is 12.1. The van der Waals surface area contributed by atoms with Gasteiger partial charge in [0.2, 0.25) is 5.91 Å². The van der Waals surface area contributed by atoms with Crippen molar-refractivity contribution >= 4 is 22.6 Å². The number of benzene rings is 1. The molecule has 0 saturated heterocycles. The number of hydrogen-bond donors (Lipinski definition) is 2. The quantitative estimate of drug-likeness (QED) is 0.849. The van der Waals surface area contributed by atoms with E-state index in [1.165, 1.54) is 6.08 Å². The Bertz CT molecular complexity index is 791. The van der Waals surface area contributed by atoms with Gasteiger partial charge in [-0.25, -0.2) is 4.79 Å². The van der Waals surface area contributed by atoms with Crippen LogP contribution in [-0.4, -0.2) is 41.0 Å². The lowest BCUT2D eigenvalue weighted by Gasteiger charge is -2.20. The number of hydrogen-bond acceptors (Lipinski definition) is 3. The molecule has 0 radical (unpaired) electrons. The van der Waals surface area contributed by atoms with Crippen LogP contribution >= 0.6 is 0 Å². The molecule has 1 aromatic carbocycles. The van der Waals surface area contributed by atoms with E-state index < -0.39 is 0 Å². The van der Waals surface area contributed by atoms with Crippen molar-refractivity contribution in [3.8, 4) is 0 Å². The van der Waals surface area contributed by atoms with Gasteiger partial charge in [0.1, 0.15) is 0 Å². The van der Waals surface area contributed by atoms with Crippen molar-refractivity contribution in [2.75, 3.05) is 26.0 Å². The Kier molecular flexibility index (Phi) is 4.75. The van der Waals surface area contributed by atoms with E-state index in [0.717, 1.165) is 11.0 Å².